The van der Waals surface area contributed by atoms with Crippen molar-refractivity contribution in [3.8, 4) is 0 Å². The molecule has 0 spiro atoms. The SMILES string of the molecule is CCC(C)CC(O)CCC(C)(C)C. The Balaban J connectivity index is 3.57. The first-order chi connectivity index (χ1) is 5.85. The van der Waals surface area contributed by atoms with E-state index in [1.165, 1.54) is 6.42 Å². The maximum atomic E-state index is 9.71. The summed E-state index contributed by atoms with van der Waals surface area (Å²) in [6.07, 6.45) is 4.12. The molecule has 13 heavy (non-hydrogen) atoms. The lowest BCUT2D eigenvalue weighted by Gasteiger charge is -2.21. The van der Waals surface area contributed by atoms with Crippen molar-refractivity contribution >= 4 is 0 Å². The van der Waals surface area contributed by atoms with Crippen LogP contribution in [0.3, 0.4) is 0 Å². The fraction of sp³-hybridized carbons (Fsp3) is 1.00. The van der Waals surface area contributed by atoms with Crippen molar-refractivity contribution in [1.29, 1.82) is 0 Å². The quantitative estimate of drug-likeness (QED) is 0.695. The second-order valence-corrected chi connectivity index (χ2v) is 5.50. The lowest BCUT2D eigenvalue weighted by Crippen LogP contribution is -2.15. The highest BCUT2D eigenvalue weighted by atomic mass is 16.3. The van der Waals surface area contributed by atoms with E-state index in [-0.39, 0.29) is 6.10 Å². The van der Waals surface area contributed by atoms with Crippen molar-refractivity contribution in [2.45, 2.75) is 66.4 Å². The van der Waals surface area contributed by atoms with Gasteiger partial charge < -0.3 is 5.11 Å². The molecule has 0 aliphatic heterocycles. The van der Waals surface area contributed by atoms with E-state index in [1.807, 2.05) is 0 Å². The maximum Gasteiger partial charge on any atom is 0.0543 e. The van der Waals surface area contributed by atoms with Gasteiger partial charge in [0, 0.05) is 0 Å². The highest BCUT2D eigenvalue weighted by Crippen LogP contribution is 2.23. The Morgan fingerprint density at radius 2 is 1.77 bits per heavy atom. The number of aliphatic hydroxyl groups is 1. The van der Waals surface area contributed by atoms with Gasteiger partial charge in [0.25, 0.3) is 0 Å². The normalized spacial score (nSPS) is 17.1. The molecule has 80 valence electrons. The van der Waals surface area contributed by atoms with E-state index in [0.29, 0.717) is 11.3 Å². The number of aliphatic hydroxyl groups excluding tert-OH is 1. The van der Waals surface area contributed by atoms with Gasteiger partial charge in [-0.15, -0.1) is 0 Å². The third-order valence-electron chi connectivity index (χ3n) is 2.60. The number of hydrogen-bond donors (Lipinski definition) is 1. The van der Waals surface area contributed by atoms with Crippen LogP contribution >= 0.6 is 0 Å². The Labute approximate surface area is 83.5 Å². The summed E-state index contributed by atoms with van der Waals surface area (Å²) >= 11 is 0. The highest BCUT2D eigenvalue weighted by molar-refractivity contribution is 4.67. The molecule has 0 rings (SSSR count). The van der Waals surface area contributed by atoms with Crippen LogP contribution in [-0.2, 0) is 0 Å². The summed E-state index contributed by atoms with van der Waals surface area (Å²) in [4.78, 5) is 0. The van der Waals surface area contributed by atoms with Gasteiger partial charge in [-0.25, -0.2) is 0 Å². The zero-order chi connectivity index (χ0) is 10.5. The van der Waals surface area contributed by atoms with Crippen LogP contribution in [0.2, 0.25) is 0 Å². The molecule has 1 N–H and O–H groups in total. The van der Waals surface area contributed by atoms with Crippen LogP contribution in [-0.4, -0.2) is 11.2 Å². The highest BCUT2D eigenvalue weighted by Gasteiger charge is 2.14. The van der Waals surface area contributed by atoms with Gasteiger partial charge in [0.2, 0.25) is 0 Å². The summed E-state index contributed by atoms with van der Waals surface area (Å²) in [5.74, 6) is 0.662. The van der Waals surface area contributed by atoms with Crippen LogP contribution in [0, 0.1) is 11.3 Å². The molecule has 0 radical (unpaired) electrons. The Kier molecular flexibility index (Phi) is 5.62. The van der Waals surface area contributed by atoms with Crippen LogP contribution in [0.5, 0.6) is 0 Å². The summed E-state index contributed by atoms with van der Waals surface area (Å²) in [7, 11) is 0. The first-order valence-corrected chi connectivity index (χ1v) is 5.53. The maximum absolute atomic E-state index is 9.71. The molecule has 2 atom stereocenters. The van der Waals surface area contributed by atoms with E-state index in [0.717, 1.165) is 19.3 Å². The largest absolute Gasteiger partial charge is 0.393 e. The first-order valence-electron chi connectivity index (χ1n) is 5.53. The summed E-state index contributed by atoms with van der Waals surface area (Å²) in [6.45, 7) is 11.1. The Hall–Kier alpha value is -0.0400. The van der Waals surface area contributed by atoms with Gasteiger partial charge in [-0.1, -0.05) is 41.0 Å². The van der Waals surface area contributed by atoms with E-state index >= 15 is 0 Å². The molecule has 0 saturated heterocycles. The molecule has 0 aliphatic carbocycles. The molecular weight excluding hydrogens is 160 g/mol. The number of rotatable bonds is 5. The van der Waals surface area contributed by atoms with Gasteiger partial charge in [0.1, 0.15) is 0 Å². The molecule has 0 heterocycles. The first kappa shape index (κ1) is 13.0. The fourth-order valence-corrected chi connectivity index (χ4v) is 1.35. The van der Waals surface area contributed by atoms with Crippen molar-refractivity contribution in [2.24, 2.45) is 11.3 Å². The lowest BCUT2D eigenvalue weighted by atomic mass is 9.87. The van der Waals surface area contributed by atoms with Gasteiger partial charge in [0.05, 0.1) is 6.10 Å². The topological polar surface area (TPSA) is 20.2 Å². The second-order valence-electron chi connectivity index (χ2n) is 5.50. The molecule has 1 nitrogen and oxygen atoms in total. The van der Waals surface area contributed by atoms with E-state index in [4.69, 9.17) is 0 Å². The van der Waals surface area contributed by atoms with Crippen LogP contribution < -0.4 is 0 Å². The number of hydrogen-bond acceptors (Lipinski definition) is 1. The molecule has 0 aromatic rings. The molecule has 0 aliphatic rings. The third kappa shape index (κ3) is 8.29. The molecule has 0 fully saturated rings. The zero-order valence-corrected chi connectivity index (χ0v) is 9.93. The van der Waals surface area contributed by atoms with Gasteiger partial charge in [-0.2, -0.15) is 0 Å². The van der Waals surface area contributed by atoms with Crippen LogP contribution in [0.1, 0.15) is 60.3 Å². The van der Waals surface area contributed by atoms with Crippen molar-refractivity contribution in [2.75, 3.05) is 0 Å². The lowest BCUT2D eigenvalue weighted by molar-refractivity contribution is 0.120. The zero-order valence-electron chi connectivity index (χ0n) is 9.93. The smallest absolute Gasteiger partial charge is 0.0543 e. The van der Waals surface area contributed by atoms with E-state index in [1.54, 1.807) is 0 Å². The van der Waals surface area contributed by atoms with Crippen LogP contribution in [0.4, 0.5) is 0 Å². The minimum Gasteiger partial charge on any atom is -0.393 e. The fourth-order valence-electron chi connectivity index (χ4n) is 1.35. The summed E-state index contributed by atoms with van der Waals surface area (Å²) in [5, 5.41) is 9.71. The molecule has 0 bridgehead atoms. The predicted octanol–water partition coefficient (Wildman–Crippen LogP) is 3.61. The van der Waals surface area contributed by atoms with Crippen molar-refractivity contribution in [3.63, 3.8) is 0 Å². The van der Waals surface area contributed by atoms with Gasteiger partial charge in [-0.3, -0.25) is 0 Å². The minimum atomic E-state index is -0.0887. The summed E-state index contributed by atoms with van der Waals surface area (Å²) in [5.41, 5.74) is 0.358. The summed E-state index contributed by atoms with van der Waals surface area (Å²) in [6, 6.07) is 0. The molecular formula is C12H26O. The van der Waals surface area contributed by atoms with E-state index in [2.05, 4.69) is 34.6 Å². The van der Waals surface area contributed by atoms with Crippen molar-refractivity contribution in [3.05, 3.63) is 0 Å². The summed E-state index contributed by atoms with van der Waals surface area (Å²) < 4.78 is 0. The van der Waals surface area contributed by atoms with Gasteiger partial charge >= 0.3 is 0 Å². The Morgan fingerprint density at radius 3 is 2.15 bits per heavy atom. The monoisotopic (exact) mass is 186 g/mol. The second kappa shape index (κ2) is 5.64. The standard InChI is InChI=1S/C12H26O/c1-6-10(2)9-11(13)7-8-12(3,4)5/h10-11,13H,6-9H2,1-5H3. The Morgan fingerprint density at radius 1 is 1.23 bits per heavy atom. The van der Waals surface area contributed by atoms with E-state index < -0.39 is 0 Å². The van der Waals surface area contributed by atoms with E-state index in [9.17, 15) is 5.11 Å². The molecule has 0 aromatic carbocycles. The molecule has 0 amide bonds. The van der Waals surface area contributed by atoms with Crippen LogP contribution in [0.15, 0.2) is 0 Å². The minimum absolute atomic E-state index is 0.0887. The van der Waals surface area contributed by atoms with Crippen molar-refractivity contribution in [1.82, 2.24) is 0 Å². The van der Waals surface area contributed by atoms with Crippen molar-refractivity contribution < 1.29 is 5.11 Å². The molecule has 0 saturated carbocycles. The molecule has 1 heteroatoms. The van der Waals surface area contributed by atoms with Gasteiger partial charge in [-0.05, 0) is 30.6 Å². The molecule has 2 unspecified atom stereocenters. The average Bonchev–Trinajstić information content (AvgIpc) is 1.99. The molecule has 0 aromatic heterocycles. The van der Waals surface area contributed by atoms with Crippen LogP contribution in [0.25, 0.3) is 0 Å². The predicted molar refractivity (Wildman–Crippen MR) is 58.8 cm³/mol. The Bertz CT molecular complexity index is 124. The van der Waals surface area contributed by atoms with Gasteiger partial charge in [0.15, 0.2) is 0 Å². The third-order valence-corrected chi connectivity index (χ3v) is 2.60. The average molecular weight is 186 g/mol.